The first-order valence-electron chi connectivity index (χ1n) is 6.47. The highest BCUT2D eigenvalue weighted by atomic mass is 35.5. The van der Waals surface area contributed by atoms with Crippen molar-refractivity contribution in [2.75, 3.05) is 0 Å². The van der Waals surface area contributed by atoms with Gasteiger partial charge in [0.05, 0.1) is 10.0 Å². The number of hydrazone groups is 1. The number of thiocarbonyl (C=S) groups is 1. The molecule has 0 unspecified atom stereocenters. The van der Waals surface area contributed by atoms with Crippen molar-refractivity contribution in [3.05, 3.63) is 62.6 Å². The third-order valence-electron chi connectivity index (χ3n) is 2.81. The maximum Gasteiger partial charge on any atom is 0.221 e. The Balaban J connectivity index is 2.08. The molecule has 0 heterocycles. The molecule has 0 aliphatic rings. The number of nitrogens with one attached hydrogen (secondary N) is 2. The monoisotopic (exact) mass is 388 g/mol. The molecule has 2 aromatic rings. The van der Waals surface area contributed by atoms with Crippen LogP contribution in [0.2, 0.25) is 15.1 Å². The molecule has 0 aliphatic heterocycles. The summed E-state index contributed by atoms with van der Waals surface area (Å²) in [6, 6.07) is 10.7. The van der Waals surface area contributed by atoms with Crippen molar-refractivity contribution in [3.8, 4) is 5.75 Å². The Morgan fingerprint density at radius 2 is 1.96 bits per heavy atom. The van der Waals surface area contributed by atoms with Crippen LogP contribution < -0.4 is 21.0 Å². The van der Waals surface area contributed by atoms with Crippen LogP contribution in [0, 0.1) is 0 Å². The average molecular weight is 390 g/mol. The Morgan fingerprint density at radius 3 is 2.70 bits per heavy atom. The predicted molar refractivity (Wildman–Crippen MR) is 98.3 cm³/mol. The van der Waals surface area contributed by atoms with Gasteiger partial charge in [0, 0.05) is 16.1 Å². The fourth-order valence-corrected chi connectivity index (χ4v) is 2.46. The van der Waals surface area contributed by atoms with Gasteiger partial charge in [0.15, 0.2) is 6.21 Å². The minimum Gasteiger partial charge on any atom is -0.489 e. The van der Waals surface area contributed by atoms with E-state index in [4.69, 9.17) is 57.5 Å². The van der Waals surface area contributed by atoms with E-state index in [9.17, 15) is 0 Å². The third-order valence-corrected chi connectivity index (χ3v) is 4.11. The summed E-state index contributed by atoms with van der Waals surface area (Å²) in [6.07, 6.45) is 1.70. The Morgan fingerprint density at radius 1 is 1.22 bits per heavy atom. The van der Waals surface area contributed by atoms with Gasteiger partial charge in [0.2, 0.25) is 5.11 Å². The lowest BCUT2D eigenvalue weighted by Gasteiger charge is -2.10. The summed E-state index contributed by atoms with van der Waals surface area (Å²) >= 11 is 23.0. The van der Waals surface area contributed by atoms with Crippen molar-refractivity contribution in [2.45, 2.75) is 6.61 Å². The van der Waals surface area contributed by atoms with Crippen molar-refractivity contribution in [1.29, 1.82) is 0 Å². The summed E-state index contributed by atoms with van der Waals surface area (Å²) < 4.78 is 5.73. The summed E-state index contributed by atoms with van der Waals surface area (Å²) in [5, 5.41) is 4.26. The fourth-order valence-electron chi connectivity index (χ4n) is 1.74. The number of hydrazine groups is 1. The van der Waals surface area contributed by atoms with Gasteiger partial charge in [0.1, 0.15) is 12.4 Å². The van der Waals surface area contributed by atoms with Gasteiger partial charge < -0.3 is 10.5 Å². The molecule has 0 aliphatic carbocycles. The topological polar surface area (TPSA) is 61.2 Å². The zero-order valence-corrected chi connectivity index (χ0v) is 14.9. The number of hydrogen-bond donors (Lipinski definition) is 3. The molecule has 0 saturated carbocycles. The van der Waals surface area contributed by atoms with Crippen molar-refractivity contribution in [2.24, 2.45) is 5.73 Å². The summed E-state index contributed by atoms with van der Waals surface area (Å²) in [7, 11) is 0. The van der Waals surface area contributed by atoms with Crippen LogP contribution in [0.25, 0.3) is 0 Å². The molecule has 0 spiro atoms. The average Bonchev–Trinajstić information content (AvgIpc) is 2.51. The van der Waals surface area contributed by atoms with Crippen LogP contribution in [-0.2, 0) is 6.61 Å². The molecule has 0 atom stereocenters. The Hall–Kier alpha value is -1.53. The summed E-state index contributed by atoms with van der Waals surface area (Å²) in [5.41, 5.74) is 9.43. The highest BCUT2D eigenvalue weighted by molar-refractivity contribution is 7.80. The van der Waals surface area contributed by atoms with Gasteiger partial charge in [-0.3, -0.25) is 0 Å². The highest BCUT2D eigenvalue weighted by Crippen LogP contribution is 2.32. The van der Waals surface area contributed by atoms with Gasteiger partial charge in [0.25, 0.3) is 0 Å². The number of hydrogen-bond acceptors (Lipinski definition) is 2. The minimum atomic E-state index is 0.152. The lowest BCUT2D eigenvalue weighted by molar-refractivity contribution is -0.499. The van der Waals surface area contributed by atoms with Crippen molar-refractivity contribution >= 4 is 58.3 Å². The molecule has 120 valence electrons. The largest absolute Gasteiger partial charge is 0.489 e. The van der Waals surface area contributed by atoms with Gasteiger partial charge in [-0.15, -0.1) is 10.5 Å². The number of halogens is 3. The molecule has 2 rings (SSSR count). The van der Waals surface area contributed by atoms with Crippen molar-refractivity contribution in [3.63, 3.8) is 0 Å². The Kier molecular flexibility index (Phi) is 6.47. The second-order valence-corrected chi connectivity index (χ2v) is 6.09. The van der Waals surface area contributed by atoms with E-state index in [0.29, 0.717) is 26.4 Å². The number of benzene rings is 2. The first kappa shape index (κ1) is 17.8. The summed E-state index contributed by atoms with van der Waals surface area (Å²) in [4.78, 5) is 0. The Bertz CT molecular complexity index is 753. The number of rotatable bonds is 5. The quantitative estimate of drug-likeness (QED) is 0.318. The van der Waals surface area contributed by atoms with Crippen LogP contribution in [-0.4, -0.2) is 11.3 Å². The molecule has 0 fully saturated rings. The Labute approximate surface area is 154 Å². The number of nitrogens with two attached hydrogens (primary N) is 1. The van der Waals surface area contributed by atoms with Crippen LogP contribution in [0.1, 0.15) is 11.1 Å². The van der Waals surface area contributed by atoms with Crippen LogP contribution in [0.5, 0.6) is 5.75 Å². The standard InChI is InChI=1S/C15H12Cl3N3OS/c16-12-4-5-13(17)14(18)11(12)8-22-10-3-1-2-9(6-10)7-20-21-15(19)23/h1-7H,8H2,(H3,19,21,23)/p+1. The first-order valence-corrected chi connectivity index (χ1v) is 8.01. The van der Waals surface area contributed by atoms with Crippen LogP contribution in [0.15, 0.2) is 36.4 Å². The molecular formula is C15H13Cl3N3OS+. The van der Waals surface area contributed by atoms with E-state index in [-0.39, 0.29) is 11.7 Å². The van der Waals surface area contributed by atoms with E-state index < -0.39 is 0 Å². The molecule has 0 aromatic heterocycles. The van der Waals surface area contributed by atoms with E-state index in [2.05, 4.69) is 10.5 Å². The second-order valence-electron chi connectivity index (χ2n) is 4.46. The molecule has 8 heteroatoms. The van der Waals surface area contributed by atoms with Crippen molar-refractivity contribution < 1.29 is 9.84 Å². The SMILES string of the molecule is NC(=S)N[NH+]=Cc1cccc(OCc2c(Cl)ccc(Cl)c2Cl)c1. The van der Waals surface area contributed by atoms with Crippen LogP contribution in [0.3, 0.4) is 0 Å². The second kappa shape index (κ2) is 8.36. The van der Waals surface area contributed by atoms with Gasteiger partial charge in [-0.2, -0.15) is 0 Å². The smallest absolute Gasteiger partial charge is 0.221 e. The van der Waals surface area contributed by atoms with Crippen LogP contribution >= 0.6 is 47.0 Å². The maximum atomic E-state index is 6.15. The first-order chi connectivity index (χ1) is 11.0. The third kappa shape index (κ3) is 5.25. The van der Waals surface area contributed by atoms with Gasteiger partial charge in [-0.1, -0.05) is 40.9 Å². The van der Waals surface area contributed by atoms with Gasteiger partial charge in [-0.05, 0) is 42.5 Å². The zero-order chi connectivity index (χ0) is 16.8. The van der Waals surface area contributed by atoms with E-state index in [1.54, 1.807) is 18.3 Å². The molecule has 4 nitrogen and oxygen atoms in total. The normalized spacial score (nSPS) is 10.7. The van der Waals surface area contributed by atoms with Gasteiger partial charge in [-0.25, -0.2) is 0 Å². The molecule has 0 bridgehead atoms. The lowest BCUT2D eigenvalue weighted by Crippen LogP contribution is -2.82. The number of ether oxygens (including phenoxy) is 1. The van der Waals surface area contributed by atoms with E-state index >= 15 is 0 Å². The van der Waals surface area contributed by atoms with Gasteiger partial charge >= 0.3 is 0 Å². The molecule has 23 heavy (non-hydrogen) atoms. The molecule has 2 aromatic carbocycles. The van der Waals surface area contributed by atoms with Crippen molar-refractivity contribution in [1.82, 2.24) is 5.43 Å². The fraction of sp³-hybridized carbons (Fsp3) is 0.0667. The summed E-state index contributed by atoms with van der Waals surface area (Å²) in [6.45, 7) is 0.209. The zero-order valence-electron chi connectivity index (χ0n) is 11.8. The lowest BCUT2D eigenvalue weighted by atomic mass is 10.2. The minimum absolute atomic E-state index is 0.152. The molecule has 0 radical (unpaired) electrons. The van der Waals surface area contributed by atoms with E-state index in [1.807, 2.05) is 24.3 Å². The summed E-state index contributed by atoms with van der Waals surface area (Å²) in [5.74, 6) is 0.656. The maximum absolute atomic E-state index is 6.15. The predicted octanol–water partition coefficient (Wildman–Crippen LogP) is 2.47. The highest BCUT2D eigenvalue weighted by Gasteiger charge is 2.10. The van der Waals surface area contributed by atoms with Crippen LogP contribution in [0.4, 0.5) is 0 Å². The van der Waals surface area contributed by atoms with E-state index in [1.165, 1.54) is 0 Å². The van der Waals surface area contributed by atoms with E-state index in [0.717, 1.165) is 5.56 Å². The molecule has 0 saturated heterocycles. The molecular weight excluding hydrogens is 377 g/mol. The molecule has 4 N–H and O–H groups in total. The molecule has 0 amide bonds.